The first-order valence-corrected chi connectivity index (χ1v) is 15.0. The van der Waals surface area contributed by atoms with Gasteiger partial charge in [0, 0.05) is 42.8 Å². The van der Waals surface area contributed by atoms with Gasteiger partial charge in [0.25, 0.3) is 0 Å². The SMILES string of the molecule is CCCn1cncc1CS(=O)c1ccc(CC(=O)/C=C/c2cccc(-c3ccc(N4CCCC4)cc3)c2)cc1. The van der Waals surface area contributed by atoms with Gasteiger partial charge in [-0.05, 0) is 77.9 Å². The number of aryl methyl sites for hydroxylation is 1. The first-order valence-electron chi connectivity index (χ1n) is 13.7. The standard InChI is InChI=1S/C33H35N3O2S/c1-2-18-36-25-34-23-31(36)24-39(38)33-16-9-27(10-17-33)22-32(37)15-8-26-6-5-7-29(21-26)28-11-13-30(14-12-28)35-19-3-4-20-35/h5-17,21,23,25H,2-4,18-20,22,24H2,1H3/b15-8+. The van der Waals surface area contributed by atoms with Crippen LogP contribution in [0.5, 0.6) is 0 Å². The molecule has 2 heterocycles. The van der Waals surface area contributed by atoms with E-state index < -0.39 is 10.8 Å². The van der Waals surface area contributed by atoms with Gasteiger partial charge in [-0.2, -0.15) is 0 Å². The summed E-state index contributed by atoms with van der Waals surface area (Å²) in [4.78, 5) is 20.1. The molecular formula is C33H35N3O2S. The molecule has 5 nitrogen and oxygen atoms in total. The molecule has 0 bridgehead atoms. The average molecular weight is 538 g/mol. The van der Waals surface area contributed by atoms with E-state index in [-0.39, 0.29) is 5.78 Å². The molecule has 1 aliphatic rings. The van der Waals surface area contributed by atoms with Gasteiger partial charge in [-0.15, -0.1) is 0 Å². The lowest BCUT2D eigenvalue weighted by Crippen LogP contribution is -2.17. The predicted molar refractivity (Wildman–Crippen MR) is 160 cm³/mol. The fourth-order valence-corrected chi connectivity index (χ4v) is 6.11. The van der Waals surface area contributed by atoms with Crippen molar-refractivity contribution >= 4 is 28.3 Å². The molecule has 1 unspecified atom stereocenters. The number of carbonyl (C=O) groups is 1. The molecular weight excluding hydrogens is 502 g/mol. The lowest BCUT2D eigenvalue weighted by atomic mass is 10.0. The van der Waals surface area contributed by atoms with Crippen LogP contribution >= 0.6 is 0 Å². The Labute approximate surface area is 233 Å². The molecule has 6 heteroatoms. The summed E-state index contributed by atoms with van der Waals surface area (Å²) < 4.78 is 14.9. The number of nitrogens with zero attached hydrogens (tertiary/aromatic N) is 3. The van der Waals surface area contributed by atoms with Crippen molar-refractivity contribution in [3.8, 4) is 11.1 Å². The van der Waals surface area contributed by atoms with Crippen LogP contribution in [0, 0.1) is 0 Å². The number of hydrogen-bond donors (Lipinski definition) is 0. The molecule has 4 aromatic rings. The van der Waals surface area contributed by atoms with Crippen molar-refractivity contribution < 1.29 is 9.00 Å². The molecule has 0 saturated carbocycles. The minimum absolute atomic E-state index is 0.0349. The Balaban J connectivity index is 1.17. The zero-order valence-electron chi connectivity index (χ0n) is 22.5. The number of allylic oxidation sites excluding steroid dienone is 1. The van der Waals surface area contributed by atoms with Crippen LogP contribution in [0.1, 0.15) is 43.0 Å². The number of ketones is 1. The third-order valence-corrected chi connectivity index (χ3v) is 8.48. The molecule has 1 saturated heterocycles. The van der Waals surface area contributed by atoms with Crippen molar-refractivity contribution in [3.63, 3.8) is 0 Å². The molecule has 1 fully saturated rings. The minimum Gasteiger partial charge on any atom is -0.372 e. The topological polar surface area (TPSA) is 55.2 Å². The molecule has 0 aliphatic carbocycles. The largest absolute Gasteiger partial charge is 0.372 e. The van der Waals surface area contributed by atoms with Crippen LogP contribution in [0.4, 0.5) is 5.69 Å². The molecule has 0 radical (unpaired) electrons. The Morgan fingerprint density at radius 3 is 2.49 bits per heavy atom. The van der Waals surface area contributed by atoms with Crippen LogP contribution in [0.15, 0.2) is 96.3 Å². The Hall–Kier alpha value is -3.77. The Morgan fingerprint density at radius 2 is 1.74 bits per heavy atom. The van der Waals surface area contributed by atoms with Gasteiger partial charge < -0.3 is 9.47 Å². The Bertz CT molecular complexity index is 1450. The van der Waals surface area contributed by atoms with E-state index in [2.05, 4.69) is 57.8 Å². The van der Waals surface area contributed by atoms with Crippen LogP contribution in [-0.4, -0.2) is 32.6 Å². The molecule has 3 aromatic carbocycles. The number of benzene rings is 3. The van der Waals surface area contributed by atoms with E-state index in [4.69, 9.17) is 0 Å². The maximum absolute atomic E-state index is 12.9. The zero-order chi connectivity index (χ0) is 27.0. The second-order valence-corrected chi connectivity index (χ2v) is 11.5. The van der Waals surface area contributed by atoms with Gasteiger partial charge in [0.05, 0.1) is 28.6 Å². The van der Waals surface area contributed by atoms with Gasteiger partial charge >= 0.3 is 0 Å². The van der Waals surface area contributed by atoms with Crippen LogP contribution in [0.2, 0.25) is 0 Å². The number of aromatic nitrogens is 2. The maximum atomic E-state index is 12.9. The van der Waals surface area contributed by atoms with E-state index in [0.717, 1.165) is 53.3 Å². The number of carbonyl (C=O) groups excluding carboxylic acids is 1. The first-order chi connectivity index (χ1) is 19.1. The summed E-state index contributed by atoms with van der Waals surface area (Å²) in [5.41, 5.74) is 6.48. The van der Waals surface area contributed by atoms with Crippen molar-refractivity contribution in [2.75, 3.05) is 18.0 Å². The molecule has 0 N–H and O–H groups in total. The fraction of sp³-hybridized carbons (Fsp3) is 0.273. The normalized spacial score (nSPS) is 14.2. The molecule has 1 atom stereocenters. The van der Waals surface area contributed by atoms with Crippen molar-refractivity contribution in [1.29, 1.82) is 0 Å². The summed E-state index contributed by atoms with van der Waals surface area (Å²) in [5, 5.41) is 0. The van der Waals surface area contributed by atoms with E-state index >= 15 is 0 Å². The third kappa shape index (κ3) is 7.01. The Morgan fingerprint density at radius 1 is 0.974 bits per heavy atom. The summed E-state index contributed by atoms with van der Waals surface area (Å²) in [6.07, 6.45) is 11.0. The lowest BCUT2D eigenvalue weighted by molar-refractivity contribution is -0.113. The number of rotatable bonds is 11. The molecule has 39 heavy (non-hydrogen) atoms. The van der Waals surface area contributed by atoms with Crippen molar-refractivity contribution in [3.05, 3.63) is 108 Å². The smallest absolute Gasteiger partial charge is 0.160 e. The molecule has 1 aromatic heterocycles. The van der Waals surface area contributed by atoms with E-state index in [1.54, 1.807) is 18.6 Å². The molecule has 200 valence electrons. The highest BCUT2D eigenvalue weighted by Crippen LogP contribution is 2.26. The average Bonchev–Trinajstić information content (AvgIpc) is 3.66. The van der Waals surface area contributed by atoms with E-state index in [0.29, 0.717) is 12.2 Å². The summed E-state index contributed by atoms with van der Waals surface area (Å²) in [6, 6.07) is 24.6. The monoisotopic (exact) mass is 537 g/mol. The maximum Gasteiger partial charge on any atom is 0.160 e. The van der Waals surface area contributed by atoms with E-state index in [9.17, 15) is 9.00 Å². The molecule has 1 aliphatic heterocycles. The van der Waals surface area contributed by atoms with Crippen LogP contribution in [-0.2, 0) is 34.3 Å². The van der Waals surface area contributed by atoms with Gasteiger partial charge in [0.2, 0.25) is 0 Å². The predicted octanol–water partition coefficient (Wildman–Crippen LogP) is 6.69. The highest BCUT2D eigenvalue weighted by atomic mass is 32.2. The molecule has 5 rings (SSSR count). The first kappa shape index (κ1) is 26.8. The van der Waals surface area contributed by atoms with Gasteiger partial charge in [-0.3, -0.25) is 9.00 Å². The second-order valence-electron chi connectivity index (χ2n) is 10.1. The van der Waals surface area contributed by atoms with Crippen molar-refractivity contribution in [1.82, 2.24) is 9.55 Å². The summed E-state index contributed by atoms with van der Waals surface area (Å²) in [7, 11) is -1.16. The van der Waals surface area contributed by atoms with E-state index in [1.807, 2.05) is 42.5 Å². The highest BCUT2D eigenvalue weighted by molar-refractivity contribution is 7.84. The number of imidazole rings is 1. The third-order valence-electron chi connectivity index (χ3n) is 7.13. The zero-order valence-corrected chi connectivity index (χ0v) is 23.3. The quantitative estimate of drug-likeness (QED) is 0.200. The second kappa shape index (κ2) is 12.9. The van der Waals surface area contributed by atoms with Crippen LogP contribution in [0.25, 0.3) is 17.2 Å². The van der Waals surface area contributed by atoms with Crippen LogP contribution < -0.4 is 4.90 Å². The number of anilines is 1. The minimum atomic E-state index is -1.16. The fourth-order valence-electron chi connectivity index (χ4n) is 5.00. The molecule has 0 spiro atoms. The van der Waals surface area contributed by atoms with Gasteiger partial charge in [0.15, 0.2) is 5.78 Å². The van der Waals surface area contributed by atoms with Gasteiger partial charge in [0.1, 0.15) is 0 Å². The highest BCUT2D eigenvalue weighted by Gasteiger charge is 2.12. The van der Waals surface area contributed by atoms with Gasteiger partial charge in [-0.25, -0.2) is 4.98 Å². The lowest BCUT2D eigenvalue weighted by Gasteiger charge is -2.17. The van der Waals surface area contributed by atoms with E-state index in [1.165, 1.54) is 24.1 Å². The summed E-state index contributed by atoms with van der Waals surface area (Å²) in [6.45, 7) is 5.27. The summed E-state index contributed by atoms with van der Waals surface area (Å²) in [5.74, 6) is 0.468. The Kier molecular flexibility index (Phi) is 8.84. The molecule has 0 amide bonds. The number of hydrogen-bond acceptors (Lipinski definition) is 4. The van der Waals surface area contributed by atoms with Crippen molar-refractivity contribution in [2.45, 2.75) is 49.8 Å². The summed E-state index contributed by atoms with van der Waals surface area (Å²) >= 11 is 0. The van der Waals surface area contributed by atoms with Crippen LogP contribution in [0.3, 0.4) is 0 Å². The van der Waals surface area contributed by atoms with Crippen molar-refractivity contribution in [2.24, 2.45) is 0 Å². The van der Waals surface area contributed by atoms with Gasteiger partial charge in [-0.1, -0.05) is 55.5 Å².